The molecule has 0 spiro atoms. The van der Waals surface area contributed by atoms with Crippen molar-refractivity contribution in [1.29, 1.82) is 0 Å². The third kappa shape index (κ3) is 5.93. The number of carbonyl (C=O) groups excluding carboxylic acids is 2. The van der Waals surface area contributed by atoms with Gasteiger partial charge in [0.1, 0.15) is 10.6 Å². The van der Waals surface area contributed by atoms with Crippen molar-refractivity contribution in [2.24, 2.45) is 11.8 Å². The van der Waals surface area contributed by atoms with Gasteiger partial charge in [-0.25, -0.2) is 4.79 Å². The van der Waals surface area contributed by atoms with E-state index >= 15 is 0 Å². The fourth-order valence-corrected chi connectivity index (χ4v) is 5.70. The molecule has 0 bridgehead atoms. The third-order valence-electron chi connectivity index (χ3n) is 6.85. The highest BCUT2D eigenvalue weighted by Crippen LogP contribution is 2.40. The normalized spacial score (nSPS) is 17.5. The minimum atomic E-state index is -1.05. The number of anilines is 2. The Morgan fingerprint density at radius 2 is 1.81 bits per heavy atom. The highest BCUT2D eigenvalue weighted by Gasteiger charge is 2.33. The smallest absolute Gasteiger partial charge is 0.348 e. The van der Waals surface area contributed by atoms with Crippen LogP contribution in [0.2, 0.25) is 0 Å². The Kier molecular flexibility index (Phi) is 8.12. The Labute approximate surface area is 220 Å². The number of carbonyl (C=O) groups is 3. The van der Waals surface area contributed by atoms with E-state index in [0.717, 1.165) is 47.5 Å². The van der Waals surface area contributed by atoms with Crippen LogP contribution in [0.15, 0.2) is 40.9 Å². The standard InChI is InChI=1S/C28H33N3O5S/c1-5-21-14-22(30-36-21)26(32)29-20-12-10-18(11-13-20)24-15-23(25(37-24)28(34)35)31(16(2)3)27(33)19-8-6-17(4)7-9-19/h10-17,19H,5-9H2,1-4H3,(H,29,32)(H,34,35)/t17-,19-. The van der Waals surface area contributed by atoms with Crippen LogP contribution in [0.3, 0.4) is 0 Å². The minimum Gasteiger partial charge on any atom is -0.477 e. The summed E-state index contributed by atoms with van der Waals surface area (Å²) in [6.45, 7) is 7.96. The molecule has 0 atom stereocenters. The van der Waals surface area contributed by atoms with Crippen molar-refractivity contribution in [3.05, 3.63) is 52.7 Å². The van der Waals surface area contributed by atoms with Gasteiger partial charge in [-0.2, -0.15) is 0 Å². The number of hydrogen-bond donors (Lipinski definition) is 2. The monoisotopic (exact) mass is 523 g/mol. The number of nitrogens with one attached hydrogen (secondary N) is 1. The molecule has 196 valence electrons. The van der Waals surface area contributed by atoms with Crippen LogP contribution >= 0.6 is 11.3 Å². The molecule has 0 aliphatic heterocycles. The number of benzene rings is 1. The molecule has 3 aromatic rings. The highest BCUT2D eigenvalue weighted by molar-refractivity contribution is 7.18. The second kappa shape index (κ2) is 11.3. The quantitative estimate of drug-likeness (QED) is 0.349. The molecule has 2 aromatic heterocycles. The van der Waals surface area contributed by atoms with Crippen molar-refractivity contribution in [1.82, 2.24) is 5.16 Å². The molecule has 1 saturated carbocycles. The van der Waals surface area contributed by atoms with Crippen molar-refractivity contribution in [3.8, 4) is 10.4 Å². The molecule has 0 unspecified atom stereocenters. The Morgan fingerprint density at radius 3 is 2.38 bits per heavy atom. The summed E-state index contributed by atoms with van der Waals surface area (Å²) in [5, 5.41) is 16.5. The van der Waals surface area contributed by atoms with Crippen molar-refractivity contribution in [2.45, 2.75) is 65.8 Å². The van der Waals surface area contributed by atoms with E-state index in [-0.39, 0.29) is 34.3 Å². The number of aromatic nitrogens is 1. The molecule has 8 nitrogen and oxygen atoms in total. The van der Waals surface area contributed by atoms with Gasteiger partial charge < -0.3 is 19.8 Å². The molecule has 1 aliphatic carbocycles. The van der Waals surface area contributed by atoms with Gasteiger partial charge in [0.25, 0.3) is 5.91 Å². The summed E-state index contributed by atoms with van der Waals surface area (Å²) in [7, 11) is 0. The van der Waals surface area contributed by atoms with E-state index in [1.807, 2.05) is 32.9 Å². The molecular formula is C28H33N3O5S. The Morgan fingerprint density at radius 1 is 1.14 bits per heavy atom. The molecule has 1 aromatic carbocycles. The number of carboxylic acids is 1. The van der Waals surface area contributed by atoms with Gasteiger partial charge in [0, 0.05) is 35.0 Å². The van der Waals surface area contributed by atoms with Gasteiger partial charge >= 0.3 is 5.97 Å². The summed E-state index contributed by atoms with van der Waals surface area (Å²) >= 11 is 1.15. The first-order valence-electron chi connectivity index (χ1n) is 12.8. The molecule has 2 amide bonds. The van der Waals surface area contributed by atoms with Crippen LogP contribution < -0.4 is 10.2 Å². The highest BCUT2D eigenvalue weighted by atomic mass is 32.1. The lowest BCUT2D eigenvalue weighted by molar-refractivity contribution is -0.123. The number of aromatic carboxylic acids is 1. The predicted octanol–water partition coefficient (Wildman–Crippen LogP) is 6.48. The molecule has 37 heavy (non-hydrogen) atoms. The lowest BCUT2D eigenvalue weighted by atomic mass is 9.82. The number of aryl methyl sites for hydroxylation is 1. The molecule has 1 aliphatic rings. The van der Waals surface area contributed by atoms with Gasteiger partial charge in [-0.3, -0.25) is 9.59 Å². The summed E-state index contributed by atoms with van der Waals surface area (Å²) in [6.07, 6.45) is 4.36. The van der Waals surface area contributed by atoms with Crippen LogP contribution in [0.4, 0.5) is 11.4 Å². The number of nitrogens with zero attached hydrogens (tertiary/aromatic N) is 2. The Balaban J connectivity index is 1.57. The summed E-state index contributed by atoms with van der Waals surface area (Å²) < 4.78 is 5.09. The second-order valence-corrected chi connectivity index (χ2v) is 11.0. The zero-order valence-electron chi connectivity index (χ0n) is 21.6. The summed E-state index contributed by atoms with van der Waals surface area (Å²) in [5.41, 5.74) is 2.03. The van der Waals surface area contributed by atoms with Crippen molar-refractivity contribution in [3.63, 3.8) is 0 Å². The van der Waals surface area contributed by atoms with E-state index in [0.29, 0.717) is 29.5 Å². The van der Waals surface area contributed by atoms with E-state index in [4.69, 9.17) is 4.52 Å². The number of amides is 2. The van der Waals surface area contributed by atoms with Crippen LogP contribution in [0, 0.1) is 11.8 Å². The van der Waals surface area contributed by atoms with Gasteiger partial charge in [0.15, 0.2) is 5.69 Å². The predicted molar refractivity (Wildman–Crippen MR) is 144 cm³/mol. The SMILES string of the molecule is CCc1cc(C(=O)Nc2ccc(-c3cc(N(C(=O)[C@H]4CC[C@H](C)CC4)C(C)C)c(C(=O)O)s3)cc2)no1. The fourth-order valence-electron chi connectivity index (χ4n) is 4.71. The molecule has 1 fully saturated rings. The minimum absolute atomic E-state index is 0.00546. The molecular weight excluding hydrogens is 490 g/mol. The lowest BCUT2D eigenvalue weighted by Gasteiger charge is -2.33. The van der Waals surface area contributed by atoms with E-state index < -0.39 is 5.97 Å². The zero-order valence-corrected chi connectivity index (χ0v) is 22.4. The van der Waals surface area contributed by atoms with Gasteiger partial charge in [-0.15, -0.1) is 11.3 Å². The third-order valence-corrected chi connectivity index (χ3v) is 8.01. The van der Waals surface area contributed by atoms with E-state index in [1.54, 1.807) is 29.2 Å². The zero-order chi connectivity index (χ0) is 26.7. The molecule has 0 saturated heterocycles. The first kappa shape index (κ1) is 26.6. The molecule has 0 radical (unpaired) electrons. The van der Waals surface area contributed by atoms with Crippen LogP contribution in [0.25, 0.3) is 10.4 Å². The lowest BCUT2D eigenvalue weighted by Crippen LogP contribution is -2.42. The topological polar surface area (TPSA) is 113 Å². The first-order valence-corrected chi connectivity index (χ1v) is 13.6. The van der Waals surface area contributed by atoms with Crippen molar-refractivity contribution in [2.75, 3.05) is 10.2 Å². The summed E-state index contributed by atoms with van der Waals surface area (Å²) in [4.78, 5) is 40.7. The number of hydrogen-bond acceptors (Lipinski definition) is 6. The molecule has 4 rings (SSSR count). The first-order chi connectivity index (χ1) is 17.7. The summed E-state index contributed by atoms with van der Waals surface area (Å²) in [6, 6.07) is 10.4. The number of carboxylic acid groups (broad SMARTS) is 1. The summed E-state index contributed by atoms with van der Waals surface area (Å²) in [5.74, 6) is -0.238. The van der Waals surface area contributed by atoms with E-state index in [2.05, 4.69) is 17.4 Å². The largest absolute Gasteiger partial charge is 0.477 e. The molecule has 9 heteroatoms. The van der Waals surface area contributed by atoms with Crippen LogP contribution in [-0.4, -0.2) is 34.1 Å². The average molecular weight is 524 g/mol. The fraction of sp³-hybridized carbons (Fsp3) is 0.429. The van der Waals surface area contributed by atoms with Crippen LogP contribution in [0.1, 0.15) is 79.3 Å². The number of thiophene rings is 1. The van der Waals surface area contributed by atoms with Crippen LogP contribution in [0.5, 0.6) is 0 Å². The van der Waals surface area contributed by atoms with Gasteiger partial charge in [0.05, 0.1) is 5.69 Å². The van der Waals surface area contributed by atoms with Gasteiger partial charge in [0.2, 0.25) is 5.91 Å². The Hall–Kier alpha value is -3.46. The van der Waals surface area contributed by atoms with Crippen LogP contribution in [-0.2, 0) is 11.2 Å². The van der Waals surface area contributed by atoms with Crippen molar-refractivity contribution < 1.29 is 24.0 Å². The van der Waals surface area contributed by atoms with Gasteiger partial charge in [-0.05, 0) is 69.2 Å². The molecule has 2 heterocycles. The average Bonchev–Trinajstić information content (AvgIpc) is 3.53. The maximum absolute atomic E-state index is 13.5. The Bertz CT molecular complexity index is 1270. The maximum atomic E-state index is 13.5. The van der Waals surface area contributed by atoms with E-state index in [1.165, 1.54) is 0 Å². The molecule has 2 N–H and O–H groups in total. The maximum Gasteiger partial charge on any atom is 0.348 e. The second-order valence-electron chi connectivity index (χ2n) is 9.95. The number of rotatable bonds is 8. The van der Waals surface area contributed by atoms with Crippen molar-refractivity contribution >= 4 is 40.5 Å². The van der Waals surface area contributed by atoms with Gasteiger partial charge in [-0.1, -0.05) is 31.1 Å². The van der Waals surface area contributed by atoms with E-state index in [9.17, 15) is 19.5 Å².